The van der Waals surface area contributed by atoms with Crippen LogP contribution in [0.3, 0.4) is 0 Å². The Balaban J connectivity index is 1.73. The summed E-state index contributed by atoms with van der Waals surface area (Å²) in [6.07, 6.45) is 9.94. The molecule has 0 spiro atoms. The zero-order valence-corrected chi connectivity index (χ0v) is 10.5. The predicted molar refractivity (Wildman–Crippen MR) is 68.3 cm³/mol. The quantitative estimate of drug-likeness (QED) is 0.852. The van der Waals surface area contributed by atoms with E-state index in [0.29, 0.717) is 11.8 Å². The molecule has 1 aliphatic rings. The molecule has 1 aromatic rings. The lowest BCUT2D eigenvalue weighted by Gasteiger charge is -2.21. The average molecular weight is 235 g/mol. The van der Waals surface area contributed by atoms with Crippen LogP contribution in [0.4, 0.5) is 5.95 Å². The second-order valence-electron chi connectivity index (χ2n) is 4.64. The molecule has 1 aromatic heterocycles. The van der Waals surface area contributed by atoms with Crippen molar-refractivity contribution in [2.45, 2.75) is 38.5 Å². The fraction of sp³-hybridized carbons (Fsp3) is 0.692. The number of aromatic nitrogens is 2. The fourth-order valence-electron chi connectivity index (χ4n) is 2.40. The van der Waals surface area contributed by atoms with Crippen LogP contribution in [0.25, 0.3) is 0 Å². The van der Waals surface area contributed by atoms with Gasteiger partial charge in [-0.3, -0.25) is 0 Å². The molecule has 0 atom stereocenters. The lowest BCUT2D eigenvalue weighted by molar-refractivity contribution is 0.345. The SMILES string of the molecule is COc1ccnc(NCCC2CCCCC2)n1. The summed E-state index contributed by atoms with van der Waals surface area (Å²) < 4.78 is 5.06. The lowest BCUT2D eigenvalue weighted by atomic mass is 9.87. The standard InChI is InChI=1S/C13H21N3O/c1-17-12-8-10-15-13(16-12)14-9-7-11-5-3-2-4-6-11/h8,10-11H,2-7,9H2,1H3,(H,14,15,16). The first-order valence-corrected chi connectivity index (χ1v) is 6.49. The summed E-state index contributed by atoms with van der Waals surface area (Å²) in [7, 11) is 1.62. The molecule has 0 aliphatic heterocycles. The number of anilines is 1. The van der Waals surface area contributed by atoms with Crippen molar-refractivity contribution in [2.75, 3.05) is 19.0 Å². The third-order valence-electron chi connectivity index (χ3n) is 3.40. The van der Waals surface area contributed by atoms with Gasteiger partial charge in [-0.05, 0) is 12.3 Å². The Labute approximate surface area is 103 Å². The van der Waals surface area contributed by atoms with Gasteiger partial charge in [0, 0.05) is 18.8 Å². The van der Waals surface area contributed by atoms with Crippen molar-refractivity contribution in [3.8, 4) is 5.88 Å². The summed E-state index contributed by atoms with van der Waals surface area (Å²) in [4.78, 5) is 8.40. The van der Waals surface area contributed by atoms with E-state index >= 15 is 0 Å². The predicted octanol–water partition coefficient (Wildman–Crippen LogP) is 2.87. The molecule has 94 valence electrons. The highest BCUT2D eigenvalue weighted by Gasteiger charge is 2.12. The molecule has 4 heteroatoms. The zero-order chi connectivity index (χ0) is 11.9. The normalized spacial score (nSPS) is 16.8. The summed E-state index contributed by atoms with van der Waals surface area (Å²) >= 11 is 0. The van der Waals surface area contributed by atoms with Gasteiger partial charge >= 0.3 is 0 Å². The monoisotopic (exact) mass is 235 g/mol. The Morgan fingerprint density at radius 2 is 2.18 bits per heavy atom. The molecule has 0 bridgehead atoms. The van der Waals surface area contributed by atoms with Crippen LogP contribution in [0.2, 0.25) is 0 Å². The van der Waals surface area contributed by atoms with E-state index in [1.54, 1.807) is 19.4 Å². The first-order chi connectivity index (χ1) is 8.38. The van der Waals surface area contributed by atoms with Crippen molar-refractivity contribution >= 4 is 5.95 Å². The van der Waals surface area contributed by atoms with E-state index in [-0.39, 0.29) is 0 Å². The average Bonchev–Trinajstić information content (AvgIpc) is 2.40. The van der Waals surface area contributed by atoms with Crippen molar-refractivity contribution in [3.63, 3.8) is 0 Å². The molecule has 4 nitrogen and oxygen atoms in total. The van der Waals surface area contributed by atoms with Gasteiger partial charge in [0.15, 0.2) is 0 Å². The molecule has 1 N–H and O–H groups in total. The summed E-state index contributed by atoms with van der Waals surface area (Å²) in [6, 6.07) is 1.76. The molecular weight excluding hydrogens is 214 g/mol. The van der Waals surface area contributed by atoms with Crippen LogP contribution < -0.4 is 10.1 Å². The second kappa shape index (κ2) is 6.42. The van der Waals surface area contributed by atoms with Gasteiger partial charge in [-0.2, -0.15) is 4.98 Å². The molecular formula is C13H21N3O. The van der Waals surface area contributed by atoms with Crippen molar-refractivity contribution in [1.82, 2.24) is 9.97 Å². The van der Waals surface area contributed by atoms with E-state index < -0.39 is 0 Å². The Bertz CT molecular complexity index is 337. The molecule has 17 heavy (non-hydrogen) atoms. The Morgan fingerprint density at radius 1 is 1.35 bits per heavy atom. The maximum absolute atomic E-state index is 5.06. The van der Waals surface area contributed by atoms with Crippen LogP contribution in [0.5, 0.6) is 5.88 Å². The van der Waals surface area contributed by atoms with Crippen LogP contribution in [0, 0.1) is 5.92 Å². The zero-order valence-electron chi connectivity index (χ0n) is 10.5. The molecule has 1 fully saturated rings. The fourth-order valence-corrected chi connectivity index (χ4v) is 2.40. The van der Waals surface area contributed by atoms with Gasteiger partial charge in [-0.1, -0.05) is 32.1 Å². The lowest BCUT2D eigenvalue weighted by Crippen LogP contribution is -2.13. The van der Waals surface area contributed by atoms with Gasteiger partial charge in [-0.15, -0.1) is 0 Å². The third-order valence-corrected chi connectivity index (χ3v) is 3.40. The van der Waals surface area contributed by atoms with Crippen molar-refractivity contribution in [2.24, 2.45) is 5.92 Å². The van der Waals surface area contributed by atoms with Gasteiger partial charge in [0.05, 0.1) is 7.11 Å². The summed E-state index contributed by atoms with van der Waals surface area (Å²) in [5.74, 6) is 2.17. The molecule has 1 heterocycles. The van der Waals surface area contributed by atoms with E-state index in [4.69, 9.17) is 4.74 Å². The van der Waals surface area contributed by atoms with E-state index in [9.17, 15) is 0 Å². The van der Waals surface area contributed by atoms with E-state index in [0.717, 1.165) is 12.5 Å². The molecule has 1 saturated carbocycles. The van der Waals surface area contributed by atoms with Gasteiger partial charge in [0.2, 0.25) is 11.8 Å². The van der Waals surface area contributed by atoms with E-state index in [2.05, 4.69) is 15.3 Å². The summed E-state index contributed by atoms with van der Waals surface area (Å²) in [5, 5.41) is 3.26. The van der Waals surface area contributed by atoms with Crippen LogP contribution in [0.1, 0.15) is 38.5 Å². The number of nitrogens with one attached hydrogen (secondary N) is 1. The number of hydrogen-bond donors (Lipinski definition) is 1. The maximum Gasteiger partial charge on any atom is 0.225 e. The van der Waals surface area contributed by atoms with E-state index in [1.165, 1.54) is 38.5 Å². The molecule has 0 amide bonds. The number of methoxy groups -OCH3 is 1. The van der Waals surface area contributed by atoms with Crippen LogP contribution in [-0.4, -0.2) is 23.6 Å². The Kier molecular flexibility index (Phi) is 4.59. The summed E-state index contributed by atoms with van der Waals surface area (Å²) in [5.41, 5.74) is 0. The highest BCUT2D eigenvalue weighted by molar-refractivity contribution is 5.27. The number of ether oxygens (including phenoxy) is 1. The molecule has 0 saturated heterocycles. The smallest absolute Gasteiger partial charge is 0.225 e. The minimum atomic E-state index is 0.611. The number of nitrogens with zero attached hydrogens (tertiary/aromatic N) is 2. The van der Waals surface area contributed by atoms with Gasteiger partial charge in [0.1, 0.15) is 0 Å². The van der Waals surface area contributed by atoms with E-state index in [1.807, 2.05) is 0 Å². The molecule has 0 unspecified atom stereocenters. The number of rotatable bonds is 5. The highest BCUT2D eigenvalue weighted by Crippen LogP contribution is 2.26. The third kappa shape index (κ3) is 3.88. The van der Waals surface area contributed by atoms with Crippen molar-refractivity contribution in [3.05, 3.63) is 12.3 Å². The molecule has 0 aromatic carbocycles. The van der Waals surface area contributed by atoms with Gasteiger partial charge in [-0.25, -0.2) is 4.98 Å². The minimum absolute atomic E-state index is 0.611. The Morgan fingerprint density at radius 3 is 2.94 bits per heavy atom. The molecule has 1 aliphatic carbocycles. The Hall–Kier alpha value is -1.32. The van der Waals surface area contributed by atoms with Crippen LogP contribution in [-0.2, 0) is 0 Å². The molecule has 2 rings (SSSR count). The second-order valence-corrected chi connectivity index (χ2v) is 4.64. The van der Waals surface area contributed by atoms with Gasteiger partial charge in [0.25, 0.3) is 0 Å². The minimum Gasteiger partial charge on any atom is -0.481 e. The first kappa shape index (κ1) is 12.1. The summed E-state index contributed by atoms with van der Waals surface area (Å²) in [6.45, 7) is 0.956. The first-order valence-electron chi connectivity index (χ1n) is 6.49. The van der Waals surface area contributed by atoms with Crippen LogP contribution >= 0.6 is 0 Å². The van der Waals surface area contributed by atoms with Crippen molar-refractivity contribution < 1.29 is 4.74 Å². The van der Waals surface area contributed by atoms with Crippen LogP contribution in [0.15, 0.2) is 12.3 Å². The number of hydrogen-bond acceptors (Lipinski definition) is 4. The topological polar surface area (TPSA) is 47.0 Å². The van der Waals surface area contributed by atoms with Gasteiger partial charge < -0.3 is 10.1 Å². The molecule has 0 radical (unpaired) electrons. The highest BCUT2D eigenvalue weighted by atomic mass is 16.5. The largest absolute Gasteiger partial charge is 0.481 e. The maximum atomic E-state index is 5.06. The van der Waals surface area contributed by atoms with Crippen molar-refractivity contribution in [1.29, 1.82) is 0 Å².